The zero-order valence-corrected chi connectivity index (χ0v) is 22.1. The van der Waals surface area contributed by atoms with Crippen LogP contribution in [-0.2, 0) is 7.05 Å². The number of para-hydroxylation sites is 2. The highest BCUT2D eigenvalue weighted by molar-refractivity contribution is 6.01. The third-order valence-corrected chi connectivity index (χ3v) is 7.41. The number of hydrogen-bond acceptors (Lipinski definition) is 3. The number of carbonyl (C=O) groups is 2. The lowest BCUT2D eigenvalue weighted by Gasteiger charge is -2.17. The SMILES string of the molecule is CCC[C@@H](CC(=O)c1ccc(-c2c(C)cccc2-c2nc3ccccc3n2C)c(C=O)c1)c1ccccc1. The fraction of sp³-hybridized carbons (Fsp3) is 0.206. The smallest absolute Gasteiger partial charge is 0.163 e. The molecule has 4 aromatic carbocycles. The van der Waals surface area contributed by atoms with Gasteiger partial charge in [0.05, 0.1) is 11.0 Å². The number of ketones is 1. The highest BCUT2D eigenvalue weighted by Gasteiger charge is 2.21. The Morgan fingerprint density at radius 1 is 0.921 bits per heavy atom. The van der Waals surface area contributed by atoms with Crippen molar-refractivity contribution in [3.63, 3.8) is 0 Å². The van der Waals surface area contributed by atoms with Gasteiger partial charge in [0.25, 0.3) is 0 Å². The van der Waals surface area contributed by atoms with Crippen molar-refractivity contribution in [1.82, 2.24) is 9.55 Å². The summed E-state index contributed by atoms with van der Waals surface area (Å²) in [6, 6.07) is 29.9. The summed E-state index contributed by atoms with van der Waals surface area (Å²) in [5.74, 6) is 1.06. The third-order valence-electron chi connectivity index (χ3n) is 7.41. The molecule has 0 bridgehead atoms. The lowest BCUT2D eigenvalue weighted by Crippen LogP contribution is -2.09. The highest BCUT2D eigenvalue weighted by Crippen LogP contribution is 2.37. The number of aromatic nitrogens is 2. The second-order valence-electron chi connectivity index (χ2n) is 9.92. The van der Waals surface area contributed by atoms with Crippen molar-refractivity contribution < 1.29 is 9.59 Å². The zero-order chi connectivity index (χ0) is 26.6. The van der Waals surface area contributed by atoms with E-state index >= 15 is 0 Å². The fourth-order valence-electron chi connectivity index (χ4n) is 5.46. The van der Waals surface area contributed by atoms with Gasteiger partial charge in [-0.15, -0.1) is 0 Å². The Kier molecular flexibility index (Phi) is 7.32. The molecule has 5 rings (SSSR count). The minimum atomic E-state index is 0.0577. The Labute approximate surface area is 224 Å². The molecule has 5 aromatic rings. The summed E-state index contributed by atoms with van der Waals surface area (Å²) in [7, 11) is 2.01. The predicted molar refractivity (Wildman–Crippen MR) is 155 cm³/mol. The van der Waals surface area contributed by atoms with Crippen LogP contribution in [-0.4, -0.2) is 21.6 Å². The van der Waals surface area contributed by atoms with Crippen molar-refractivity contribution in [3.05, 3.63) is 113 Å². The number of aldehydes is 1. The van der Waals surface area contributed by atoms with Gasteiger partial charge in [-0.2, -0.15) is 0 Å². The van der Waals surface area contributed by atoms with Crippen LogP contribution in [0, 0.1) is 6.92 Å². The molecule has 0 saturated heterocycles. The summed E-state index contributed by atoms with van der Waals surface area (Å²) < 4.78 is 2.09. The number of carbonyl (C=O) groups excluding carboxylic acids is 2. The topological polar surface area (TPSA) is 52.0 Å². The molecule has 4 heteroatoms. The summed E-state index contributed by atoms with van der Waals surface area (Å²) in [5.41, 5.74) is 8.01. The van der Waals surface area contributed by atoms with Crippen LogP contribution in [0.5, 0.6) is 0 Å². The standard InChI is InChI=1S/C34H32N2O2/c1-4-11-25(24-13-6-5-7-14-24)21-32(38)26-18-19-28(27(20-26)22-37)33-23(2)12-10-15-29(33)34-35-30-16-8-9-17-31(30)36(34)3/h5-10,12-20,22,25H,4,11,21H2,1-3H3/t25-/m0/s1. The van der Waals surface area contributed by atoms with Gasteiger partial charge >= 0.3 is 0 Å². The third kappa shape index (κ3) is 4.82. The number of fused-ring (bicyclic) bond motifs is 1. The van der Waals surface area contributed by atoms with Crippen LogP contribution < -0.4 is 0 Å². The van der Waals surface area contributed by atoms with Crippen LogP contribution in [0.3, 0.4) is 0 Å². The van der Waals surface area contributed by atoms with Gasteiger partial charge in [0.15, 0.2) is 12.1 Å². The van der Waals surface area contributed by atoms with Gasteiger partial charge in [0.1, 0.15) is 5.82 Å². The van der Waals surface area contributed by atoms with Crippen molar-refractivity contribution in [2.24, 2.45) is 7.05 Å². The molecule has 0 saturated carbocycles. The van der Waals surface area contributed by atoms with Gasteiger partial charge in [0, 0.05) is 30.2 Å². The van der Waals surface area contributed by atoms with Crippen molar-refractivity contribution in [2.75, 3.05) is 0 Å². The van der Waals surface area contributed by atoms with Gasteiger partial charge in [-0.05, 0) is 59.7 Å². The minimum absolute atomic E-state index is 0.0577. The first-order valence-corrected chi connectivity index (χ1v) is 13.2. The molecule has 38 heavy (non-hydrogen) atoms. The summed E-state index contributed by atoms with van der Waals surface area (Å²) in [6.07, 6.45) is 3.23. The molecule has 1 aromatic heterocycles. The Morgan fingerprint density at radius 3 is 2.42 bits per heavy atom. The zero-order valence-electron chi connectivity index (χ0n) is 22.1. The molecule has 4 nitrogen and oxygen atoms in total. The minimum Gasteiger partial charge on any atom is -0.327 e. The molecule has 0 unspecified atom stereocenters. The lowest BCUT2D eigenvalue weighted by molar-refractivity contribution is 0.0972. The maximum absolute atomic E-state index is 13.4. The maximum atomic E-state index is 13.4. The second-order valence-corrected chi connectivity index (χ2v) is 9.92. The Morgan fingerprint density at radius 2 is 1.68 bits per heavy atom. The molecule has 0 radical (unpaired) electrons. The molecule has 0 aliphatic rings. The number of aryl methyl sites for hydroxylation is 2. The van der Waals surface area contributed by atoms with Gasteiger partial charge in [-0.1, -0.05) is 86.1 Å². The molecular formula is C34H32N2O2. The second kappa shape index (κ2) is 11.0. The van der Waals surface area contributed by atoms with E-state index in [9.17, 15) is 9.59 Å². The predicted octanol–water partition coefficient (Wildman–Crippen LogP) is 8.18. The van der Waals surface area contributed by atoms with E-state index in [0.29, 0.717) is 17.5 Å². The number of nitrogens with zero attached hydrogens (tertiary/aromatic N) is 2. The van der Waals surface area contributed by atoms with E-state index in [1.165, 1.54) is 5.56 Å². The number of rotatable bonds is 9. The molecule has 0 aliphatic heterocycles. The molecule has 1 atom stereocenters. The highest BCUT2D eigenvalue weighted by atomic mass is 16.1. The maximum Gasteiger partial charge on any atom is 0.163 e. The van der Waals surface area contributed by atoms with E-state index in [0.717, 1.165) is 58.2 Å². The van der Waals surface area contributed by atoms with Crippen LogP contribution in [0.2, 0.25) is 0 Å². The van der Waals surface area contributed by atoms with E-state index in [1.54, 1.807) is 6.07 Å². The molecular weight excluding hydrogens is 468 g/mol. The van der Waals surface area contributed by atoms with Crippen LogP contribution in [0.15, 0.2) is 91.0 Å². The Balaban J connectivity index is 1.54. The summed E-state index contributed by atoms with van der Waals surface area (Å²) in [4.78, 5) is 30.7. The Hall–Kier alpha value is -4.31. The molecule has 1 heterocycles. The van der Waals surface area contributed by atoms with Crippen molar-refractivity contribution in [1.29, 1.82) is 0 Å². The molecule has 0 N–H and O–H groups in total. The van der Waals surface area contributed by atoms with Gasteiger partial charge < -0.3 is 4.57 Å². The van der Waals surface area contributed by atoms with Crippen molar-refractivity contribution in [2.45, 2.75) is 39.0 Å². The van der Waals surface area contributed by atoms with E-state index < -0.39 is 0 Å². The van der Waals surface area contributed by atoms with E-state index in [2.05, 4.69) is 29.7 Å². The number of hydrogen-bond donors (Lipinski definition) is 0. The van der Waals surface area contributed by atoms with Crippen LogP contribution in [0.4, 0.5) is 0 Å². The first-order valence-electron chi connectivity index (χ1n) is 13.2. The van der Waals surface area contributed by atoms with Crippen molar-refractivity contribution in [3.8, 4) is 22.5 Å². The van der Waals surface area contributed by atoms with Gasteiger partial charge in [-0.3, -0.25) is 9.59 Å². The monoisotopic (exact) mass is 500 g/mol. The van der Waals surface area contributed by atoms with Crippen molar-refractivity contribution >= 4 is 23.1 Å². The fourth-order valence-corrected chi connectivity index (χ4v) is 5.46. The quantitative estimate of drug-likeness (QED) is 0.151. The summed E-state index contributed by atoms with van der Waals surface area (Å²) in [5, 5.41) is 0. The number of Topliss-reactive ketones (excluding diaryl/α,β-unsaturated/α-hetero) is 1. The first kappa shape index (κ1) is 25.3. The number of imidazole rings is 1. The summed E-state index contributed by atoms with van der Waals surface area (Å²) >= 11 is 0. The lowest BCUT2D eigenvalue weighted by atomic mass is 9.86. The Bertz CT molecular complexity index is 1610. The average Bonchev–Trinajstić information content (AvgIpc) is 3.29. The normalized spacial score (nSPS) is 12.0. The van der Waals surface area contributed by atoms with Crippen LogP contribution >= 0.6 is 0 Å². The van der Waals surface area contributed by atoms with E-state index in [4.69, 9.17) is 4.98 Å². The molecule has 0 amide bonds. The number of benzene rings is 4. The first-order chi connectivity index (χ1) is 18.5. The van der Waals surface area contributed by atoms with Crippen LogP contribution in [0.25, 0.3) is 33.5 Å². The summed E-state index contributed by atoms with van der Waals surface area (Å²) in [6.45, 7) is 4.19. The molecule has 0 fully saturated rings. The average molecular weight is 501 g/mol. The molecule has 0 aliphatic carbocycles. The largest absolute Gasteiger partial charge is 0.327 e. The van der Waals surface area contributed by atoms with Gasteiger partial charge in [-0.25, -0.2) is 4.98 Å². The van der Waals surface area contributed by atoms with E-state index in [1.807, 2.05) is 80.7 Å². The molecule has 0 spiro atoms. The molecule has 190 valence electrons. The van der Waals surface area contributed by atoms with Gasteiger partial charge in [0.2, 0.25) is 0 Å². The van der Waals surface area contributed by atoms with Crippen LogP contribution in [0.1, 0.15) is 63.9 Å². The van der Waals surface area contributed by atoms with E-state index in [-0.39, 0.29) is 11.7 Å².